The molecule has 1 fully saturated rings. The molecule has 2 aliphatic carbocycles. The van der Waals surface area contributed by atoms with Gasteiger partial charge in [-0.05, 0) is 32.1 Å². The van der Waals surface area contributed by atoms with Crippen LogP contribution in [-0.2, 0) is 16.7 Å². The lowest BCUT2D eigenvalue weighted by atomic mass is 9.71. The minimum Gasteiger partial charge on any atom is -0.395 e. The van der Waals surface area contributed by atoms with E-state index in [1.807, 2.05) is 0 Å². The summed E-state index contributed by atoms with van der Waals surface area (Å²) in [5.41, 5.74) is 3.72. The van der Waals surface area contributed by atoms with Crippen molar-refractivity contribution in [2.75, 3.05) is 6.61 Å². The lowest BCUT2D eigenvalue weighted by Gasteiger charge is -2.31. The van der Waals surface area contributed by atoms with Gasteiger partial charge in [-0.2, -0.15) is 0 Å². The Morgan fingerprint density at radius 3 is 3.38 bits per heavy atom. The fraction of sp³-hybridized carbons (Fsp3) is 0.667. The van der Waals surface area contributed by atoms with Crippen LogP contribution in [0.2, 0.25) is 0 Å². The lowest BCUT2D eigenvalue weighted by molar-refractivity contribution is 0.149. The minimum atomic E-state index is 0.0573. The van der Waals surface area contributed by atoms with Gasteiger partial charge in [-0.3, -0.25) is 0 Å². The molecule has 2 heterocycles. The summed E-state index contributed by atoms with van der Waals surface area (Å²) in [6.07, 6.45) is 7.62. The second-order valence-electron chi connectivity index (χ2n) is 5.13. The average Bonchev–Trinajstić information content (AvgIpc) is 2.97. The summed E-state index contributed by atoms with van der Waals surface area (Å²) in [5, 5.41) is 8.53. The maximum Gasteiger partial charge on any atom is 0.127 e. The molecule has 84 valence electrons. The van der Waals surface area contributed by atoms with Gasteiger partial charge in [0.25, 0.3) is 0 Å². The molecule has 4 heteroatoms. The molecule has 0 N–H and O–H groups in total. The molecule has 0 saturated heterocycles. The Balaban J connectivity index is 1.89. The number of hydrogen-bond acceptors (Lipinski definition) is 4. The SMILES string of the molecule is c1onc2c1CCC[C@]21CCC2CON=C21. The van der Waals surface area contributed by atoms with Crippen molar-refractivity contribution in [3.63, 3.8) is 0 Å². The number of nitrogens with zero attached hydrogens (tertiary/aromatic N) is 2. The molecule has 4 nitrogen and oxygen atoms in total. The molecule has 4 rings (SSSR count). The maximum atomic E-state index is 5.26. The fourth-order valence-electron chi connectivity index (χ4n) is 3.62. The van der Waals surface area contributed by atoms with Gasteiger partial charge in [-0.15, -0.1) is 0 Å². The Labute approximate surface area is 93.6 Å². The van der Waals surface area contributed by atoms with Crippen molar-refractivity contribution < 1.29 is 9.36 Å². The van der Waals surface area contributed by atoms with E-state index >= 15 is 0 Å². The average molecular weight is 218 g/mol. The molecule has 1 unspecified atom stereocenters. The monoisotopic (exact) mass is 218 g/mol. The zero-order valence-electron chi connectivity index (χ0n) is 9.11. The van der Waals surface area contributed by atoms with Gasteiger partial charge in [0.2, 0.25) is 0 Å². The molecule has 0 aromatic carbocycles. The predicted octanol–water partition coefficient (Wildman–Crippen LogP) is 2.04. The van der Waals surface area contributed by atoms with Crippen LogP contribution in [0.5, 0.6) is 0 Å². The summed E-state index contributed by atoms with van der Waals surface area (Å²) in [6, 6.07) is 0. The molecule has 16 heavy (non-hydrogen) atoms. The van der Waals surface area contributed by atoms with Gasteiger partial charge >= 0.3 is 0 Å². The minimum absolute atomic E-state index is 0.0573. The van der Waals surface area contributed by atoms with E-state index in [1.54, 1.807) is 6.26 Å². The van der Waals surface area contributed by atoms with Crippen LogP contribution in [0, 0.1) is 5.92 Å². The first-order valence-corrected chi connectivity index (χ1v) is 6.04. The Hall–Kier alpha value is -1.32. The molecule has 0 amide bonds. The number of hydrogen-bond donors (Lipinski definition) is 0. The largest absolute Gasteiger partial charge is 0.395 e. The van der Waals surface area contributed by atoms with Gasteiger partial charge in [0, 0.05) is 11.5 Å². The van der Waals surface area contributed by atoms with Gasteiger partial charge in [-0.25, -0.2) is 0 Å². The Morgan fingerprint density at radius 1 is 1.38 bits per heavy atom. The zero-order valence-corrected chi connectivity index (χ0v) is 9.11. The van der Waals surface area contributed by atoms with E-state index in [4.69, 9.17) is 9.36 Å². The fourth-order valence-corrected chi connectivity index (χ4v) is 3.62. The Bertz CT molecular complexity index is 465. The van der Waals surface area contributed by atoms with Gasteiger partial charge in [0.1, 0.15) is 12.9 Å². The van der Waals surface area contributed by atoms with Crippen LogP contribution >= 0.6 is 0 Å². The van der Waals surface area contributed by atoms with Crippen molar-refractivity contribution in [1.82, 2.24) is 5.16 Å². The van der Waals surface area contributed by atoms with E-state index in [2.05, 4.69) is 10.3 Å². The lowest BCUT2D eigenvalue weighted by Crippen LogP contribution is -2.36. The molecule has 1 spiro atoms. The summed E-state index contributed by atoms with van der Waals surface area (Å²) < 4.78 is 5.16. The van der Waals surface area contributed by atoms with Crippen LogP contribution in [0.15, 0.2) is 15.9 Å². The van der Waals surface area contributed by atoms with E-state index in [9.17, 15) is 0 Å². The van der Waals surface area contributed by atoms with E-state index in [-0.39, 0.29) is 5.41 Å². The Morgan fingerprint density at radius 2 is 2.38 bits per heavy atom. The second-order valence-corrected chi connectivity index (χ2v) is 5.13. The molecular weight excluding hydrogens is 204 g/mol. The third kappa shape index (κ3) is 0.907. The molecule has 1 saturated carbocycles. The number of fused-ring (bicyclic) bond motifs is 4. The highest BCUT2D eigenvalue weighted by molar-refractivity contribution is 5.99. The number of oxime groups is 1. The van der Waals surface area contributed by atoms with Crippen molar-refractivity contribution in [1.29, 1.82) is 0 Å². The maximum absolute atomic E-state index is 5.26. The van der Waals surface area contributed by atoms with E-state index in [0.717, 1.165) is 25.1 Å². The topological polar surface area (TPSA) is 47.6 Å². The first-order chi connectivity index (χ1) is 7.90. The molecule has 0 radical (unpaired) electrons. The van der Waals surface area contributed by atoms with Crippen LogP contribution in [0.4, 0.5) is 0 Å². The zero-order chi connectivity index (χ0) is 10.6. The van der Waals surface area contributed by atoms with Gasteiger partial charge in [0.15, 0.2) is 0 Å². The normalized spacial score (nSPS) is 35.8. The molecule has 1 aromatic rings. The van der Waals surface area contributed by atoms with Crippen LogP contribution in [-0.4, -0.2) is 17.5 Å². The van der Waals surface area contributed by atoms with Crippen molar-refractivity contribution in [2.24, 2.45) is 11.1 Å². The molecular formula is C12H14N2O2. The van der Waals surface area contributed by atoms with E-state index in [1.165, 1.54) is 30.5 Å². The number of aromatic nitrogens is 1. The van der Waals surface area contributed by atoms with Crippen molar-refractivity contribution in [3.8, 4) is 0 Å². The summed E-state index contributed by atoms with van der Waals surface area (Å²) in [4.78, 5) is 5.26. The highest BCUT2D eigenvalue weighted by Crippen LogP contribution is 2.50. The third-order valence-electron chi connectivity index (χ3n) is 4.38. The molecule has 1 aliphatic heterocycles. The quantitative estimate of drug-likeness (QED) is 0.669. The van der Waals surface area contributed by atoms with Gasteiger partial charge in [0.05, 0.1) is 16.8 Å². The molecule has 3 aliphatic rings. The highest BCUT2D eigenvalue weighted by atomic mass is 16.6. The standard InChI is InChI=1S/C12H14N2O2/c1-2-8-6-15-13-10(8)12(4-1)5-3-9-7-16-14-11(9)12/h6,9H,1-5,7H2/t9?,12-/m0/s1. The van der Waals surface area contributed by atoms with Gasteiger partial charge < -0.3 is 9.36 Å². The van der Waals surface area contributed by atoms with Crippen LogP contribution in [0.1, 0.15) is 36.9 Å². The third-order valence-corrected chi connectivity index (χ3v) is 4.38. The summed E-state index contributed by atoms with van der Waals surface area (Å²) in [6.45, 7) is 0.768. The summed E-state index contributed by atoms with van der Waals surface area (Å²) in [7, 11) is 0. The highest BCUT2D eigenvalue weighted by Gasteiger charge is 2.53. The smallest absolute Gasteiger partial charge is 0.127 e. The predicted molar refractivity (Wildman–Crippen MR) is 57.2 cm³/mol. The van der Waals surface area contributed by atoms with Gasteiger partial charge in [-0.1, -0.05) is 10.3 Å². The van der Waals surface area contributed by atoms with Crippen LogP contribution < -0.4 is 0 Å². The summed E-state index contributed by atoms with van der Waals surface area (Å²) >= 11 is 0. The van der Waals surface area contributed by atoms with Crippen molar-refractivity contribution in [3.05, 3.63) is 17.5 Å². The van der Waals surface area contributed by atoms with Crippen molar-refractivity contribution in [2.45, 2.75) is 37.5 Å². The van der Waals surface area contributed by atoms with Crippen LogP contribution in [0.25, 0.3) is 0 Å². The molecule has 2 atom stereocenters. The molecule has 0 bridgehead atoms. The van der Waals surface area contributed by atoms with E-state index in [0.29, 0.717) is 5.92 Å². The number of rotatable bonds is 0. The number of aryl methyl sites for hydroxylation is 1. The second kappa shape index (κ2) is 2.87. The first kappa shape index (κ1) is 8.79. The first-order valence-electron chi connectivity index (χ1n) is 6.04. The van der Waals surface area contributed by atoms with Crippen molar-refractivity contribution >= 4 is 5.71 Å². The van der Waals surface area contributed by atoms with E-state index < -0.39 is 0 Å². The Kier molecular flexibility index (Phi) is 1.58. The molecule has 1 aromatic heterocycles. The van der Waals surface area contributed by atoms with Crippen LogP contribution in [0.3, 0.4) is 0 Å². The summed E-state index contributed by atoms with van der Waals surface area (Å²) in [5.74, 6) is 0.530.